The lowest BCUT2D eigenvalue weighted by atomic mass is 10.1. The van der Waals surface area contributed by atoms with Gasteiger partial charge in [-0.25, -0.2) is 0 Å². The van der Waals surface area contributed by atoms with Gasteiger partial charge in [0.15, 0.2) is 10.9 Å². The first-order valence-electron chi connectivity index (χ1n) is 10.1. The number of ketones is 1. The van der Waals surface area contributed by atoms with Crippen molar-refractivity contribution in [3.63, 3.8) is 0 Å². The van der Waals surface area contributed by atoms with Crippen molar-refractivity contribution in [3.05, 3.63) is 66.0 Å². The number of nitrogens with zero attached hydrogens (tertiary/aromatic N) is 3. The maximum Gasteiger partial charge on any atom is 0.224 e. The van der Waals surface area contributed by atoms with Crippen molar-refractivity contribution in [2.75, 3.05) is 11.1 Å². The lowest BCUT2D eigenvalue weighted by Crippen LogP contribution is -2.11. The maximum atomic E-state index is 12.6. The molecule has 0 aliphatic heterocycles. The first kappa shape index (κ1) is 21.8. The average molecular weight is 423 g/mol. The van der Waals surface area contributed by atoms with E-state index in [4.69, 9.17) is 0 Å². The molecule has 1 amide bonds. The second kappa shape index (κ2) is 10.7. The molecular weight excluding hydrogens is 396 g/mol. The quantitative estimate of drug-likeness (QED) is 0.280. The van der Waals surface area contributed by atoms with Crippen molar-refractivity contribution in [1.82, 2.24) is 14.8 Å². The number of para-hydroxylation sites is 1. The number of carbonyl (C=O) groups excluding carboxylic acids is 2. The molecular formula is C23H26N4O2S. The predicted molar refractivity (Wildman–Crippen MR) is 120 cm³/mol. The van der Waals surface area contributed by atoms with Gasteiger partial charge in [-0.05, 0) is 49.2 Å². The zero-order valence-electron chi connectivity index (χ0n) is 17.3. The normalized spacial score (nSPS) is 10.7. The Bertz CT molecular complexity index is 998. The highest BCUT2D eigenvalue weighted by Crippen LogP contribution is 2.23. The molecule has 3 aromatic rings. The van der Waals surface area contributed by atoms with E-state index in [9.17, 15) is 9.59 Å². The fourth-order valence-electron chi connectivity index (χ4n) is 3.03. The summed E-state index contributed by atoms with van der Waals surface area (Å²) in [6.45, 7) is 4.14. The second-order valence-electron chi connectivity index (χ2n) is 7.06. The van der Waals surface area contributed by atoms with Gasteiger partial charge in [0.1, 0.15) is 6.33 Å². The molecule has 0 aliphatic rings. The zero-order valence-corrected chi connectivity index (χ0v) is 18.1. The molecule has 0 bridgehead atoms. The lowest BCUT2D eigenvalue weighted by Gasteiger charge is -2.09. The molecule has 7 heteroatoms. The SMILES string of the molecule is CCCCCC(=O)Nc1ccc(C(=O)CSc2nncn2-c2ccccc2C)cc1. The van der Waals surface area contributed by atoms with Gasteiger partial charge in [-0.15, -0.1) is 10.2 Å². The van der Waals surface area contributed by atoms with Gasteiger partial charge >= 0.3 is 0 Å². The molecule has 30 heavy (non-hydrogen) atoms. The van der Waals surface area contributed by atoms with Crippen LogP contribution in [0.1, 0.15) is 48.5 Å². The summed E-state index contributed by atoms with van der Waals surface area (Å²) in [6.07, 6.45) is 5.21. The van der Waals surface area contributed by atoms with Crippen LogP contribution in [0.3, 0.4) is 0 Å². The summed E-state index contributed by atoms with van der Waals surface area (Å²) < 4.78 is 1.89. The monoisotopic (exact) mass is 422 g/mol. The molecule has 0 saturated carbocycles. The number of benzene rings is 2. The van der Waals surface area contributed by atoms with Crippen LogP contribution in [0.25, 0.3) is 5.69 Å². The van der Waals surface area contributed by atoms with Crippen LogP contribution in [0.2, 0.25) is 0 Å². The number of amides is 1. The summed E-state index contributed by atoms with van der Waals surface area (Å²) in [5.41, 5.74) is 3.42. The van der Waals surface area contributed by atoms with Gasteiger partial charge < -0.3 is 5.32 Å². The van der Waals surface area contributed by atoms with Crippen molar-refractivity contribution in [1.29, 1.82) is 0 Å². The molecule has 1 heterocycles. The second-order valence-corrected chi connectivity index (χ2v) is 8.01. The minimum Gasteiger partial charge on any atom is -0.326 e. The zero-order chi connectivity index (χ0) is 21.3. The van der Waals surface area contributed by atoms with Crippen LogP contribution in [0, 0.1) is 6.92 Å². The molecule has 156 valence electrons. The number of unbranched alkanes of at least 4 members (excludes halogenated alkanes) is 2. The third kappa shape index (κ3) is 5.79. The molecule has 2 aromatic carbocycles. The highest BCUT2D eigenvalue weighted by atomic mass is 32.2. The van der Waals surface area contributed by atoms with Gasteiger partial charge in [0.05, 0.1) is 11.4 Å². The van der Waals surface area contributed by atoms with E-state index in [-0.39, 0.29) is 17.4 Å². The third-order valence-electron chi connectivity index (χ3n) is 4.72. The number of rotatable bonds is 10. The van der Waals surface area contributed by atoms with E-state index in [1.165, 1.54) is 11.8 Å². The minimum absolute atomic E-state index is 0.000144. The number of thioether (sulfide) groups is 1. The number of nitrogens with one attached hydrogen (secondary N) is 1. The van der Waals surface area contributed by atoms with Gasteiger partial charge in [-0.3, -0.25) is 14.2 Å². The Balaban J connectivity index is 1.57. The van der Waals surface area contributed by atoms with Gasteiger partial charge in [0.2, 0.25) is 5.91 Å². The summed E-state index contributed by atoms with van der Waals surface area (Å²) in [4.78, 5) is 24.5. The number of aromatic nitrogens is 3. The Morgan fingerprint density at radius 2 is 1.83 bits per heavy atom. The standard InChI is InChI=1S/C23H26N4O2S/c1-3-4-5-10-22(29)25-19-13-11-18(12-14-19)21(28)15-30-23-26-24-16-27(23)20-9-7-6-8-17(20)2/h6-9,11-14,16H,3-5,10,15H2,1-2H3,(H,25,29). The number of Topliss-reactive ketones (excluding diaryl/α,β-unsaturated/α-hetero) is 1. The van der Waals surface area contributed by atoms with Crippen LogP contribution in [-0.2, 0) is 4.79 Å². The van der Waals surface area contributed by atoms with E-state index in [0.29, 0.717) is 22.8 Å². The largest absolute Gasteiger partial charge is 0.326 e. The minimum atomic E-state index is 0.000144. The average Bonchev–Trinajstić information content (AvgIpc) is 3.21. The van der Waals surface area contributed by atoms with Gasteiger partial charge in [0.25, 0.3) is 0 Å². The van der Waals surface area contributed by atoms with E-state index < -0.39 is 0 Å². The summed E-state index contributed by atoms with van der Waals surface area (Å²) in [5, 5.41) is 11.7. The molecule has 0 atom stereocenters. The number of hydrogen-bond donors (Lipinski definition) is 1. The lowest BCUT2D eigenvalue weighted by molar-refractivity contribution is -0.116. The van der Waals surface area contributed by atoms with Crippen LogP contribution in [0.5, 0.6) is 0 Å². The van der Waals surface area contributed by atoms with Crippen LogP contribution < -0.4 is 5.32 Å². The molecule has 0 spiro atoms. The van der Waals surface area contributed by atoms with Crippen molar-refractivity contribution >= 4 is 29.1 Å². The third-order valence-corrected chi connectivity index (χ3v) is 5.66. The molecule has 0 aliphatic carbocycles. The molecule has 3 rings (SSSR count). The topological polar surface area (TPSA) is 76.9 Å². The smallest absolute Gasteiger partial charge is 0.224 e. The highest BCUT2D eigenvalue weighted by Gasteiger charge is 2.13. The van der Waals surface area contributed by atoms with Crippen LogP contribution in [0.4, 0.5) is 5.69 Å². The van der Waals surface area contributed by atoms with Crippen molar-refractivity contribution in [2.45, 2.75) is 44.7 Å². The first-order chi connectivity index (χ1) is 14.6. The summed E-state index contributed by atoms with van der Waals surface area (Å²) in [7, 11) is 0. The molecule has 6 nitrogen and oxygen atoms in total. The fraction of sp³-hybridized carbons (Fsp3) is 0.304. The van der Waals surface area contributed by atoms with Crippen LogP contribution in [0.15, 0.2) is 60.0 Å². The van der Waals surface area contributed by atoms with Crippen LogP contribution in [-0.4, -0.2) is 32.2 Å². The van der Waals surface area contributed by atoms with Crippen molar-refractivity contribution in [3.8, 4) is 5.69 Å². The highest BCUT2D eigenvalue weighted by molar-refractivity contribution is 7.99. The Morgan fingerprint density at radius 1 is 1.07 bits per heavy atom. The number of hydrogen-bond acceptors (Lipinski definition) is 5. The molecule has 1 N–H and O–H groups in total. The number of aryl methyl sites for hydroxylation is 1. The molecule has 0 fully saturated rings. The molecule has 1 aromatic heterocycles. The maximum absolute atomic E-state index is 12.6. The molecule has 0 unspecified atom stereocenters. The molecule has 0 saturated heterocycles. The Kier molecular flexibility index (Phi) is 7.79. The first-order valence-corrected chi connectivity index (χ1v) is 11.1. The number of anilines is 1. The predicted octanol–water partition coefficient (Wildman–Crippen LogP) is 5.07. The van der Waals surface area contributed by atoms with E-state index in [2.05, 4.69) is 22.4 Å². The van der Waals surface area contributed by atoms with E-state index in [1.807, 2.05) is 35.8 Å². The Hall–Kier alpha value is -2.93. The number of carbonyl (C=O) groups is 2. The van der Waals surface area contributed by atoms with Gasteiger partial charge in [-0.1, -0.05) is 49.7 Å². The van der Waals surface area contributed by atoms with Gasteiger partial charge in [-0.2, -0.15) is 0 Å². The summed E-state index contributed by atoms with van der Waals surface area (Å²) >= 11 is 1.36. The van der Waals surface area contributed by atoms with E-state index in [1.54, 1.807) is 30.6 Å². The summed E-state index contributed by atoms with van der Waals surface area (Å²) in [6, 6.07) is 15.0. The van der Waals surface area contributed by atoms with Crippen LogP contribution >= 0.6 is 11.8 Å². The Morgan fingerprint density at radius 3 is 2.57 bits per heavy atom. The summed E-state index contributed by atoms with van der Waals surface area (Å²) in [5.74, 6) is 0.265. The van der Waals surface area contributed by atoms with Crippen molar-refractivity contribution in [2.24, 2.45) is 0 Å². The van der Waals surface area contributed by atoms with Crippen molar-refractivity contribution < 1.29 is 9.59 Å². The Labute approximate surface area is 181 Å². The van der Waals surface area contributed by atoms with E-state index in [0.717, 1.165) is 30.5 Å². The molecule has 0 radical (unpaired) electrons. The fourth-order valence-corrected chi connectivity index (χ4v) is 3.85. The van der Waals surface area contributed by atoms with Gasteiger partial charge in [0, 0.05) is 17.7 Å². The van der Waals surface area contributed by atoms with E-state index >= 15 is 0 Å².